The van der Waals surface area contributed by atoms with Crippen LogP contribution >= 0.6 is 23.4 Å². The second-order valence-electron chi connectivity index (χ2n) is 6.44. The van der Waals surface area contributed by atoms with E-state index < -0.39 is 11.3 Å². The molecule has 3 heterocycles. The highest BCUT2D eigenvalue weighted by atomic mass is 35.5. The van der Waals surface area contributed by atoms with Gasteiger partial charge in [0.2, 0.25) is 5.91 Å². The molecule has 1 amide bonds. The molecule has 0 aliphatic carbocycles. The first-order chi connectivity index (χ1) is 10.4. The average molecular weight is 343 g/mol. The number of halogens is 1. The normalized spacial score (nSPS) is 30.7. The van der Waals surface area contributed by atoms with Crippen LogP contribution in [0.2, 0.25) is 0 Å². The lowest BCUT2D eigenvalue weighted by Gasteiger charge is -2.48. The van der Waals surface area contributed by atoms with Gasteiger partial charge in [-0.05, 0) is 23.3 Å². The standard InChI is InChI=1S/C15H21ClN3O2S/c1-19(6-2-3-7-19)8-4-5-10-9-22-15-11(17)14(21)18(15)12(10)13(16)20/h4-5,11,15H,2-3,6-9,17H2,1H3/q+1/b5-4+/t11-,15-/m1/s1. The molecule has 0 spiro atoms. The van der Waals surface area contributed by atoms with E-state index in [1.165, 1.54) is 30.8 Å². The minimum atomic E-state index is -0.577. The molecule has 2 saturated heterocycles. The Labute approximate surface area is 139 Å². The molecule has 0 unspecified atom stereocenters. The van der Waals surface area contributed by atoms with Gasteiger partial charge in [-0.25, -0.2) is 0 Å². The summed E-state index contributed by atoms with van der Waals surface area (Å²) >= 11 is 7.30. The summed E-state index contributed by atoms with van der Waals surface area (Å²) in [5.41, 5.74) is 6.92. The zero-order valence-corrected chi connectivity index (χ0v) is 14.2. The average Bonchev–Trinajstić information content (AvgIpc) is 2.92. The van der Waals surface area contributed by atoms with Crippen LogP contribution in [0.5, 0.6) is 0 Å². The van der Waals surface area contributed by atoms with E-state index in [-0.39, 0.29) is 11.3 Å². The zero-order chi connectivity index (χ0) is 15.9. The number of carbonyl (C=O) groups is 2. The number of rotatable bonds is 4. The molecule has 0 aromatic rings. The maximum atomic E-state index is 11.9. The minimum Gasteiger partial charge on any atom is -0.323 e. The molecule has 0 bridgehead atoms. The molecule has 3 aliphatic heterocycles. The van der Waals surface area contributed by atoms with Gasteiger partial charge in [0.25, 0.3) is 5.24 Å². The van der Waals surface area contributed by atoms with Crippen molar-refractivity contribution in [3.8, 4) is 0 Å². The van der Waals surface area contributed by atoms with Crippen LogP contribution in [-0.4, -0.2) is 64.4 Å². The number of amides is 1. The van der Waals surface area contributed by atoms with E-state index in [0.717, 1.165) is 16.6 Å². The molecular formula is C15H21ClN3O2S+. The van der Waals surface area contributed by atoms with Crippen molar-refractivity contribution >= 4 is 34.5 Å². The van der Waals surface area contributed by atoms with Gasteiger partial charge in [-0.3, -0.25) is 14.5 Å². The fraction of sp³-hybridized carbons (Fsp3) is 0.600. The number of carbonyl (C=O) groups excluding carboxylic acids is 2. The Morgan fingerprint density at radius 3 is 2.82 bits per heavy atom. The van der Waals surface area contributed by atoms with Crippen molar-refractivity contribution < 1.29 is 14.1 Å². The summed E-state index contributed by atoms with van der Waals surface area (Å²) in [7, 11) is 2.25. The number of likely N-dealkylation sites (tertiary alicyclic amines) is 1. The van der Waals surface area contributed by atoms with Crippen LogP contribution in [0.25, 0.3) is 0 Å². The molecule has 0 aromatic carbocycles. The number of likely N-dealkylation sites (N-methyl/N-ethyl adjacent to an activating group) is 1. The van der Waals surface area contributed by atoms with Crippen molar-refractivity contribution in [3.05, 3.63) is 23.4 Å². The molecule has 5 nitrogen and oxygen atoms in total. The Hall–Kier alpha value is -0.820. The summed E-state index contributed by atoms with van der Waals surface area (Å²) in [6.07, 6.45) is 6.61. The molecule has 2 fully saturated rings. The molecule has 2 N–H and O–H groups in total. The molecule has 0 saturated carbocycles. The molecule has 0 radical (unpaired) electrons. The monoisotopic (exact) mass is 342 g/mol. The third kappa shape index (κ3) is 2.73. The third-order valence-corrected chi connectivity index (χ3v) is 6.24. The largest absolute Gasteiger partial charge is 0.323 e. The number of fused-ring (bicyclic) bond motifs is 1. The highest BCUT2D eigenvalue weighted by Crippen LogP contribution is 2.40. The number of allylic oxidation sites excluding steroid dienone is 2. The summed E-state index contributed by atoms with van der Waals surface area (Å²) in [6.45, 7) is 3.33. The quantitative estimate of drug-likeness (QED) is 0.471. The molecule has 7 heteroatoms. The van der Waals surface area contributed by atoms with Crippen LogP contribution in [0.15, 0.2) is 23.4 Å². The predicted molar refractivity (Wildman–Crippen MR) is 88.1 cm³/mol. The van der Waals surface area contributed by atoms with E-state index in [0.29, 0.717) is 11.4 Å². The second-order valence-corrected chi connectivity index (χ2v) is 7.89. The molecule has 120 valence electrons. The third-order valence-electron chi connectivity index (χ3n) is 4.74. The maximum absolute atomic E-state index is 11.9. The second kappa shape index (κ2) is 6.00. The van der Waals surface area contributed by atoms with Crippen LogP contribution in [-0.2, 0) is 9.59 Å². The first-order valence-corrected chi connectivity index (χ1v) is 8.99. The summed E-state index contributed by atoms with van der Waals surface area (Å²) in [5, 5.41) is -0.725. The lowest BCUT2D eigenvalue weighted by Crippen LogP contribution is -2.68. The molecule has 22 heavy (non-hydrogen) atoms. The van der Waals surface area contributed by atoms with E-state index in [1.807, 2.05) is 6.08 Å². The highest BCUT2D eigenvalue weighted by molar-refractivity contribution is 8.00. The number of β-lactam (4-membered cyclic amide) rings is 1. The summed E-state index contributed by atoms with van der Waals surface area (Å²) in [5.74, 6) is 0.446. The first kappa shape index (κ1) is 16.1. The topological polar surface area (TPSA) is 63.4 Å². The Morgan fingerprint density at radius 1 is 1.50 bits per heavy atom. The fourth-order valence-corrected chi connectivity index (χ4v) is 4.86. The van der Waals surface area contributed by atoms with Gasteiger partial charge in [-0.15, -0.1) is 11.8 Å². The van der Waals surface area contributed by atoms with E-state index in [2.05, 4.69) is 13.1 Å². The van der Waals surface area contributed by atoms with Crippen LogP contribution in [0.1, 0.15) is 12.8 Å². The number of hydrogen-bond donors (Lipinski definition) is 1. The molecular weight excluding hydrogens is 322 g/mol. The Kier molecular flexibility index (Phi) is 4.38. The number of nitrogens with two attached hydrogens (primary N) is 1. The van der Waals surface area contributed by atoms with Crippen LogP contribution in [0, 0.1) is 0 Å². The molecule has 0 aromatic heterocycles. The smallest absolute Gasteiger partial charge is 0.269 e. The Bertz CT molecular complexity index is 569. The van der Waals surface area contributed by atoms with Crippen molar-refractivity contribution in [1.82, 2.24) is 4.90 Å². The van der Waals surface area contributed by atoms with Crippen molar-refractivity contribution in [2.45, 2.75) is 24.3 Å². The number of nitrogens with zero attached hydrogens (tertiary/aromatic N) is 2. The van der Waals surface area contributed by atoms with E-state index in [4.69, 9.17) is 17.3 Å². The maximum Gasteiger partial charge on any atom is 0.269 e. The molecule has 3 aliphatic rings. The lowest BCUT2D eigenvalue weighted by atomic mass is 10.0. The Balaban J connectivity index is 1.78. The van der Waals surface area contributed by atoms with Gasteiger partial charge < -0.3 is 10.2 Å². The van der Waals surface area contributed by atoms with Gasteiger partial charge in [0.1, 0.15) is 17.1 Å². The van der Waals surface area contributed by atoms with Crippen molar-refractivity contribution in [2.24, 2.45) is 5.73 Å². The Morgan fingerprint density at radius 2 is 2.18 bits per heavy atom. The zero-order valence-electron chi connectivity index (χ0n) is 12.6. The van der Waals surface area contributed by atoms with Gasteiger partial charge >= 0.3 is 0 Å². The summed E-state index contributed by atoms with van der Waals surface area (Å²) < 4.78 is 1.04. The van der Waals surface area contributed by atoms with E-state index in [9.17, 15) is 9.59 Å². The van der Waals surface area contributed by atoms with Crippen LogP contribution < -0.4 is 5.73 Å². The number of quaternary nitrogens is 1. The van der Waals surface area contributed by atoms with E-state index in [1.54, 1.807) is 11.8 Å². The van der Waals surface area contributed by atoms with Gasteiger partial charge in [0, 0.05) is 18.6 Å². The molecule has 2 atom stereocenters. The number of hydrogen-bond acceptors (Lipinski definition) is 4. The van der Waals surface area contributed by atoms with Crippen molar-refractivity contribution in [2.75, 3.05) is 32.4 Å². The minimum absolute atomic E-state index is 0.148. The van der Waals surface area contributed by atoms with Gasteiger partial charge in [-0.2, -0.15) is 0 Å². The van der Waals surface area contributed by atoms with Crippen molar-refractivity contribution in [3.63, 3.8) is 0 Å². The lowest BCUT2D eigenvalue weighted by molar-refractivity contribution is -0.891. The van der Waals surface area contributed by atoms with Crippen molar-refractivity contribution in [1.29, 1.82) is 0 Å². The van der Waals surface area contributed by atoms with E-state index >= 15 is 0 Å². The predicted octanol–water partition coefficient (Wildman–Crippen LogP) is 1.04. The molecule has 3 rings (SSSR count). The SMILES string of the molecule is C[N+]1(C/C=C/C2=C(C(=O)Cl)N3C(=O)[C@@H](N)[C@H]3SC2)CCCC1. The number of thioether (sulfide) groups is 1. The highest BCUT2D eigenvalue weighted by Gasteiger charge is 2.51. The van der Waals surface area contributed by atoms with Gasteiger partial charge in [-0.1, -0.05) is 6.08 Å². The van der Waals surface area contributed by atoms with Gasteiger partial charge in [0.15, 0.2) is 0 Å². The van der Waals surface area contributed by atoms with Crippen LogP contribution in [0.4, 0.5) is 0 Å². The first-order valence-electron chi connectivity index (χ1n) is 7.56. The fourth-order valence-electron chi connectivity index (χ4n) is 3.38. The summed E-state index contributed by atoms with van der Waals surface area (Å²) in [6, 6.07) is -0.518. The van der Waals surface area contributed by atoms with Gasteiger partial charge in [0.05, 0.1) is 26.7 Å². The van der Waals surface area contributed by atoms with Crippen LogP contribution in [0.3, 0.4) is 0 Å². The summed E-state index contributed by atoms with van der Waals surface area (Å²) in [4.78, 5) is 25.1.